The van der Waals surface area contributed by atoms with Crippen LogP contribution in [0.25, 0.3) is 0 Å². The van der Waals surface area contributed by atoms with Gasteiger partial charge in [0.05, 0.1) is 12.0 Å². The molecule has 92 valence electrons. The van der Waals surface area contributed by atoms with E-state index in [1.165, 1.54) is 5.56 Å². The van der Waals surface area contributed by atoms with Crippen LogP contribution in [0.1, 0.15) is 32.8 Å². The van der Waals surface area contributed by atoms with Crippen LogP contribution in [-0.4, -0.2) is 6.54 Å². The molecule has 0 saturated heterocycles. The van der Waals surface area contributed by atoms with E-state index in [9.17, 15) is 0 Å². The summed E-state index contributed by atoms with van der Waals surface area (Å²) < 4.78 is 0. The molecule has 0 aliphatic carbocycles. The normalized spacial score (nSPS) is 12.2. The standard InChI is InChI=1S/C15H22N2/c1-4-13(10-16)11-17-15-7-5-14(6-8-15)9-12(2)3/h5-8,12-13,17H,4,9,11H2,1-3H3. The van der Waals surface area contributed by atoms with E-state index in [4.69, 9.17) is 5.26 Å². The molecule has 0 saturated carbocycles. The number of nitrogens with zero attached hydrogens (tertiary/aromatic N) is 1. The first-order valence-electron chi connectivity index (χ1n) is 6.38. The van der Waals surface area contributed by atoms with Gasteiger partial charge in [-0.15, -0.1) is 0 Å². The molecule has 0 radical (unpaired) electrons. The molecule has 0 aliphatic rings. The molecule has 1 atom stereocenters. The van der Waals surface area contributed by atoms with Gasteiger partial charge < -0.3 is 5.32 Å². The van der Waals surface area contributed by atoms with E-state index >= 15 is 0 Å². The van der Waals surface area contributed by atoms with Crippen LogP contribution < -0.4 is 5.32 Å². The molecular weight excluding hydrogens is 208 g/mol. The van der Waals surface area contributed by atoms with Crippen molar-refractivity contribution in [1.29, 1.82) is 5.26 Å². The van der Waals surface area contributed by atoms with Gasteiger partial charge in [-0.05, 0) is 36.5 Å². The summed E-state index contributed by atoms with van der Waals surface area (Å²) >= 11 is 0. The van der Waals surface area contributed by atoms with Gasteiger partial charge in [-0.25, -0.2) is 0 Å². The van der Waals surface area contributed by atoms with Crippen molar-refractivity contribution in [3.63, 3.8) is 0 Å². The molecule has 0 heterocycles. The zero-order valence-electron chi connectivity index (χ0n) is 11.0. The van der Waals surface area contributed by atoms with Gasteiger partial charge in [-0.3, -0.25) is 0 Å². The Labute approximate surface area is 105 Å². The van der Waals surface area contributed by atoms with E-state index in [1.807, 2.05) is 6.92 Å². The molecule has 1 N–H and O–H groups in total. The van der Waals surface area contributed by atoms with Gasteiger partial charge in [0.2, 0.25) is 0 Å². The summed E-state index contributed by atoms with van der Waals surface area (Å²) in [5.74, 6) is 0.794. The van der Waals surface area contributed by atoms with Crippen LogP contribution in [0.2, 0.25) is 0 Å². The van der Waals surface area contributed by atoms with Crippen molar-refractivity contribution in [3.05, 3.63) is 29.8 Å². The monoisotopic (exact) mass is 230 g/mol. The Kier molecular flexibility index (Phi) is 5.56. The van der Waals surface area contributed by atoms with Crippen LogP contribution in [0.3, 0.4) is 0 Å². The smallest absolute Gasteiger partial charge is 0.0674 e. The highest BCUT2D eigenvalue weighted by Gasteiger charge is 2.03. The Morgan fingerprint density at radius 3 is 2.35 bits per heavy atom. The van der Waals surface area contributed by atoms with Gasteiger partial charge in [0.15, 0.2) is 0 Å². The van der Waals surface area contributed by atoms with Crippen LogP contribution in [0.15, 0.2) is 24.3 Å². The number of rotatable bonds is 6. The summed E-state index contributed by atoms with van der Waals surface area (Å²) in [6.45, 7) is 7.23. The Balaban J connectivity index is 2.48. The summed E-state index contributed by atoms with van der Waals surface area (Å²) in [4.78, 5) is 0. The topological polar surface area (TPSA) is 35.8 Å². The van der Waals surface area contributed by atoms with Crippen LogP contribution in [-0.2, 0) is 6.42 Å². The van der Waals surface area contributed by atoms with Crippen molar-refractivity contribution in [2.45, 2.75) is 33.6 Å². The van der Waals surface area contributed by atoms with Crippen molar-refractivity contribution in [2.24, 2.45) is 11.8 Å². The number of benzene rings is 1. The second kappa shape index (κ2) is 6.96. The second-order valence-corrected chi connectivity index (χ2v) is 4.91. The molecule has 0 spiro atoms. The van der Waals surface area contributed by atoms with Crippen molar-refractivity contribution in [2.75, 3.05) is 11.9 Å². The quantitative estimate of drug-likeness (QED) is 0.805. The van der Waals surface area contributed by atoms with Crippen LogP contribution in [0, 0.1) is 23.2 Å². The predicted octanol–water partition coefficient (Wildman–Crippen LogP) is 3.85. The van der Waals surface area contributed by atoms with E-state index in [0.29, 0.717) is 5.92 Å². The first kappa shape index (κ1) is 13.6. The lowest BCUT2D eigenvalue weighted by Crippen LogP contribution is -2.11. The highest BCUT2D eigenvalue weighted by atomic mass is 14.9. The first-order valence-corrected chi connectivity index (χ1v) is 6.38. The fourth-order valence-corrected chi connectivity index (χ4v) is 1.75. The number of hydrogen-bond donors (Lipinski definition) is 1. The Morgan fingerprint density at radius 2 is 1.88 bits per heavy atom. The maximum Gasteiger partial charge on any atom is 0.0674 e. The van der Waals surface area contributed by atoms with Crippen molar-refractivity contribution in [3.8, 4) is 6.07 Å². The SMILES string of the molecule is CCC(C#N)CNc1ccc(CC(C)C)cc1. The van der Waals surface area contributed by atoms with Crippen LogP contribution >= 0.6 is 0 Å². The molecule has 1 aromatic rings. The molecule has 2 heteroatoms. The fourth-order valence-electron chi connectivity index (χ4n) is 1.75. The minimum Gasteiger partial charge on any atom is -0.384 e. The molecule has 0 amide bonds. The van der Waals surface area contributed by atoms with Crippen LogP contribution in [0.4, 0.5) is 5.69 Å². The fraction of sp³-hybridized carbons (Fsp3) is 0.533. The van der Waals surface area contributed by atoms with Crippen molar-refractivity contribution >= 4 is 5.69 Å². The first-order chi connectivity index (χ1) is 8.15. The molecule has 0 aliphatic heterocycles. The van der Waals surface area contributed by atoms with Gasteiger partial charge >= 0.3 is 0 Å². The van der Waals surface area contributed by atoms with E-state index in [2.05, 4.69) is 49.5 Å². The van der Waals surface area contributed by atoms with Gasteiger partial charge in [-0.2, -0.15) is 5.26 Å². The van der Waals surface area contributed by atoms with Gasteiger partial charge in [-0.1, -0.05) is 32.9 Å². The zero-order valence-corrected chi connectivity index (χ0v) is 11.0. The molecule has 0 aromatic heterocycles. The van der Waals surface area contributed by atoms with Gasteiger partial charge in [0, 0.05) is 12.2 Å². The minimum atomic E-state index is 0.102. The third kappa shape index (κ3) is 4.91. The summed E-state index contributed by atoms with van der Waals surface area (Å²) in [6.07, 6.45) is 2.02. The molecule has 0 fully saturated rings. The maximum absolute atomic E-state index is 8.86. The molecule has 2 nitrogen and oxygen atoms in total. The highest BCUT2D eigenvalue weighted by Crippen LogP contribution is 2.13. The third-order valence-electron chi connectivity index (χ3n) is 2.83. The van der Waals surface area contributed by atoms with Crippen molar-refractivity contribution < 1.29 is 0 Å². The average Bonchev–Trinajstić information content (AvgIpc) is 2.32. The molecule has 1 unspecified atom stereocenters. The molecule has 1 aromatic carbocycles. The Morgan fingerprint density at radius 1 is 1.24 bits per heavy atom. The average molecular weight is 230 g/mol. The lowest BCUT2D eigenvalue weighted by Gasteiger charge is -2.10. The summed E-state index contributed by atoms with van der Waals surface area (Å²) in [5.41, 5.74) is 2.48. The molecular formula is C15H22N2. The van der Waals surface area contributed by atoms with Crippen LogP contribution in [0.5, 0.6) is 0 Å². The summed E-state index contributed by atoms with van der Waals surface area (Å²) in [6, 6.07) is 10.8. The maximum atomic E-state index is 8.86. The summed E-state index contributed by atoms with van der Waals surface area (Å²) in [7, 11) is 0. The lowest BCUT2D eigenvalue weighted by molar-refractivity contribution is 0.647. The van der Waals surface area contributed by atoms with Gasteiger partial charge in [0.25, 0.3) is 0 Å². The number of anilines is 1. The predicted molar refractivity (Wildman–Crippen MR) is 72.9 cm³/mol. The van der Waals surface area contributed by atoms with E-state index in [1.54, 1.807) is 0 Å². The Bertz CT molecular complexity index is 360. The minimum absolute atomic E-state index is 0.102. The lowest BCUT2D eigenvalue weighted by atomic mass is 10.0. The van der Waals surface area contributed by atoms with E-state index in [-0.39, 0.29) is 5.92 Å². The number of nitrogens with one attached hydrogen (secondary N) is 1. The summed E-state index contributed by atoms with van der Waals surface area (Å²) in [5, 5.41) is 12.2. The van der Waals surface area contributed by atoms with Gasteiger partial charge in [0.1, 0.15) is 0 Å². The molecule has 17 heavy (non-hydrogen) atoms. The molecule has 1 rings (SSSR count). The Hall–Kier alpha value is -1.49. The second-order valence-electron chi connectivity index (χ2n) is 4.91. The highest BCUT2D eigenvalue weighted by molar-refractivity contribution is 5.44. The van der Waals surface area contributed by atoms with Crippen molar-refractivity contribution in [1.82, 2.24) is 0 Å². The third-order valence-corrected chi connectivity index (χ3v) is 2.83. The van der Waals surface area contributed by atoms with E-state index < -0.39 is 0 Å². The largest absolute Gasteiger partial charge is 0.384 e. The molecule has 0 bridgehead atoms. The number of nitriles is 1. The van der Waals surface area contributed by atoms with E-state index in [0.717, 1.165) is 25.1 Å². The number of hydrogen-bond acceptors (Lipinski definition) is 2. The zero-order chi connectivity index (χ0) is 12.7.